The van der Waals surface area contributed by atoms with Crippen LogP contribution in [0.3, 0.4) is 0 Å². The Hall–Kier alpha value is -2.83. The molecule has 0 bridgehead atoms. The largest absolute Gasteiger partial charge is 0.489 e. The van der Waals surface area contributed by atoms with Gasteiger partial charge in [-0.25, -0.2) is 18.1 Å². The van der Waals surface area contributed by atoms with Gasteiger partial charge in [0.2, 0.25) is 0 Å². The summed E-state index contributed by atoms with van der Waals surface area (Å²) >= 11 is 4.64. The Kier molecular flexibility index (Phi) is 8.70. The molecule has 4 rings (SSSR count). The van der Waals surface area contributed by atoms with Crippen molar-refractivity contribution >= 4 is 43.8 Å². The molecule has 0 spiro atoms. The smallest absolute Gasteiger partial charge is 0.274 e. The third-order valence-electron chi connectivity index (χ3n) is 5.23. The molecule has 0 aromatic heterocycles. The standard InChI is InChI=1S/C25H25BrN4O4S2/c1-2-29(17-20-15-21(26)13-14-23(20)34-18-19-9-5-3-6-10-19)30-27-16-24(35-30)25(31)28-36(32,33)22-11-7-4-8-12-22/h3-16,27H,2,17-18H2,1H3,(H,28,31). The molecular formula is C25H25BrN4O4S2. The van der Waals surface area contributed by atoms with Crippen LogP contribution in [0.2, 0.25) is 0 Å². The average molecular weight is 590 g/mol. The molecule has 1 heterocycles. The minimum atomic E-state index is -3.96. The molecule has 0 aliphatic carbocycles. The van der Waals surface area contributed by atoms with Crippen molar-refractivity contribution in [1.29, 1.82) is 0 Å². The number of sulfonamides is 1. The van der Waals surface area contributed by atoms with Gasteiger partial charge < -0.3 is 10.2 Å². The molecule has 2 N–H and O–H groups in total. The van der Waals surface area contributed by atoms with Crippen LogP contribution in [0.5, 0.6) is 5.75 Å². The molecule has 3 aromatic carbocycles. The summed E-state index contributed by atoms with van der Waals surface area (Å²) in [6.45, 7) is 3.55. The molecule has 36 heavy (non-hydrogen) atoms. The molecule has 3 aromatic rings. The summed E-state index contributed by atoms with van der Waals surface area (Å²) in [7, 11) is -3.96. The van der Waals surface area contributed by atoms with Crippen LogP contribution in [-0.2, 0) is 28.0 Å². The molecule has 0 unspecified atom stereocenters. The third kappa shape index (κ3) is 6.68. The molecule has 0 radical (unpaired) electrons. The first-order valence-corrected chi connectivity index (χ1v) is 14.2. The number of hydrazine groups is 2. The predicted octanol–water partition coefficient (Wildman–Crippen LogP) is 4.58. The van der Waals surface area contributed by atoms with Crippen LogP contribution in [0, 0.1) is 0 Å². The van der Waals surface area contributed by atoms with Crippen molar-refractivity contribution in [3.63, 3.8) is 0 Å². The van der Waals surface area contributed by atoms with Gasteiger partial charge in [0, 0.05) is 41.3 Å². The lowest BCUT2D eigenvalue weighted by Crippen LogP contribution is -2.41. The first-order valence-electron chi connectivity index (χ1n) is 11.1. The third-order valence-corrected chi connectivity index (χ3v) is 8.08. The molecule has 0 fully saturated rings. The average Bonchev–Trinajstić information content (AvgIpc) is 3.38. The van der Waals surface area contributed by atoms with Crippen molar-refractivity contribution in [3.05, 3.63) is 106 Å². The van der Waals surface area contributed by atoms with Crippen molar-refractivity contribution in [2.24, 2.45) is 0 Å². The summed E-state index contributed by atoms with van der Waals surface area (Å²) in [5.41, 5.74) is 5.05. The fourth-order valence-corrected chi connectivity index (χ4v) is 5.67. The number of hydrogen-bond acceptors (Lipinski definition) is 8. The van der Waals surface area contributed by atoms with Gasteiger partial charge in [-0.1, -0.05) is 75.9 Å². The second-order valence-electron chi connectivity index (χ2n) is 7.76. The highest BCUT2D eigenvalue weighted by atomic mass is 79.9. The lowest BCUT2D eigenvalue weighted by molar-refractivity contribution is -0.115. The van der Waals surface area contributed by atoms with Gasteiger partial charge in [-0.15, -0.1) is 0 Å². The van der Waals surface area contributed by atoms with Crippen LogP contribution >= 0.6 is 27.9 Å². The van der Waals surface area contributed by atoms with Crippen molar-refractivity contribution in [2.75, 3.05) is 6.54 Å². The molecule has 11 heteroatoms. The normalized spacial score (nSPS) is 13.8. The Labute approximate surface area is 223 Å². The number of rotatable bonds is 10. The maximum absolute atomic E-state index is 12.7. The van der Waals surface area contributed by atoms with E-state index in [0.717, 1.165) is 33.3 Å². The number of amides is 1. The Bertz CT molecular complexity index is 1340. The number of halogens is 1. The highest BCUT2D eigenvalue weighted by Crippen LogP contribution is 2.30. The van der Waals surface area contributed by atoms with E-state index in [-0.39, 0.29) is 9.80 Å². The Morgan fingerprint density at radius 2 is 1.78 bits per heavy atom. The summed E-state index contributed by atoms with van der Waals surface area (Å²) in [5, 5.41) is 1.98. The number of carbonyl (C=O) groups excluding carboxylic acids is 1. The van der Waals surface area contributed by atoms with Crippen molar-refractivity contribution in [2.45, 2.75) is 25.0 Å². The van der Waals surface area contributed by atoms with Gasteiger partial charge >= 0.3 is 0 Å². The lowest BCUT2D eigenvalue weighted by atomic mass is 10.2. The molecule has 8 nitrogen and oxygen atoms in total. The zero-order valence-electron chi connectivity index (χ0n) is 19.4. The minimum Gasteiger partial charge on any atom is -0.489 e. The Morgan fingerprint density at radius 1 is 1.08 bits per heavy atom. The number of carbonyl (C=O) groups is 1. The van der Waals surface area contributed by atoms with E-state index in [4.69, 9.17) is 4.74 Å². The fourth-order valence-electron chi connectivity index (χ4n) is 3.39. The zero-order chi connectivity index (χ0) is 25.5. The second kappa shape index (κ2) is 11.9. The highest BCUT2D eigenvalue weighted by molar-refractivity contribution is 9.10. The first-order chi connectivity index (χ1) is 17.4. The van der Waals surface area contributed by atoms with E-state index in [1.165, 1.54) is 18.3 Å². The molecule has 1 amide bonds. The van der Waals surface area contributed by atoms with E-state index in [0.29, 0.717) is 19.7 Å². The van der Waals surface area contributed by atoms with E-state index in [1.807, 2.05) is 60.5 Å². The Morgan fingerprint density at radius 3 is 2.47 bits per heavy atom. The highest BCUT2D eigenvalue weighted by Gasteiger charge is 2.28. The number of hydrogen-bond donors (Lipinski definition) is 2. The van der Waals surface area contributed by atoms with Crippen LogP contribution in [-0.4, -0.2) is 30.4 Å². The van der Waals surface area contributed by atoms with Crippen LogP contribution in [0.1, 0.15) is 18.1 Å². The molecule has 188 valence electrons. The van der Waals surface area contributed by atoms with Gasteiger partial charge in [-0.05, 0) is 35.9 Å². The maximum atomic E-state index is 12.7. The van der Waals surface area contributed by atoms with E-state index in [1.54, 1.807) is 22.7 Å². The summed E-state index contributed by atoms with van der Waals surface area (Å²) in [6.07, 6.45) is 1.48. The van der Waals surface area contributed by atoms with Gasteiger partial charge in [0.1, 0.15) is 17.3 Å². The van der Waals surface area contributed by atoms with Gasteiger partial charge in [-0.3, -0.25) is 4.79 Å². The van der Waals surface area contributed by atoms with Gasteiger partial charge in [-0.2, -0.15) is 0 Å². The van der Waals surface area contributed by atoms with Crippen molar-refractivity contribution < 1.29 is 17.9 Å². The van der Waals surface area contributed by atoms with Crippen molar-refractivity contribution in [1.82, 2.24) is 19.7 Å². The fraction of sp³-hybridized carbons (Fsp3) is 0.160. The molecular weight excluding hydrogens is 564 g/mol. The van der Waals surface area contributed by atoms with Crippen LogP contribution in [0.4, 0.5) is 0 Å². The van der Waals surface area contributed by atoms with Crippen LogP contribution < -0.4 is 14.9 Å². The van der Waals surface area contributed by atoms with E-state index >= 15 is 0 Å². The summed E-state index contributed by atoms with van der Waals surface area (Å²) in [6, 6.07) is 23.6. The minimum absolute atomic E-state index is 0.0274. The maximum Gasteiger partial charge on any atom is 0.274 e. The summed E-state index contributed by atoms with van der Waals surface area (Å²) in [4.78, 5) is 12.9. The lowest BCUT2D eigenvalue weighted by Gasteiger charge is -2.29. The van der Waals surface area contributed by atoms with Crippen molar-refractivity contribution in [3.8, 4) is 5.75 Å². The first kappa shape index (κ1) is 26.2. The van der Waals surface area contributed by atoms with Gasteiger partial charge in [0.15, 0.2) is 0 Å². The van der Waals surface area contributed by atoms with E-state index in [9.17, 15) is 13.2 Å². The zero-order valence-corrected chi connectivity index (χ0v) is 22.6. The number of ether oxygens (including phenoxy) is 1. The second-order valence-corrected chi connectivity index (χ2v) is 11.3. The molecule has 0 saturated heterocycles. The van der Waals surface area contributed by atoms with Gasteiger partial charge in [0.25, 0.3) is 15.9 Å². The molecule has 1 aliphatic rings. The summed E-state index contributed by atoms with van der Waals surface area (Å²) < 4.78 is 35.9. The molecule has 0 atom stereocenters. The SMILES string of the molecule is CCN(Cc1cc(Br)ccc1OCc1ccccc1)N1NC=C(C(=O)NS(=O)(=O)c2ccccc2)S1. The predicted molar refractivity (Wildman–Crippen MR) is 143 cm³/mol. The Balaban J connectivity index is 1.40. The number of nitrogens with one attached hydrogen (secondary N) is 2. The van der Waals surface area contributed by atoms with Crippen LogP contribution in [0.15, 0.2) is 99.3 Å². The molecule has 0 saturated carbocycles. The van der Waals surface area contributed by atoms with E-state index in [2.05, 4.69) is 26.1 Å². The number of benzene rings is 3. The quantitative estimate of drug-likeness (QED) is 0.333. The topological polar surface area (TPSA) is 91.0 Å². The summed E-state index contributed by atoms with van der Waals surface area (Å²) in [5.74, 6) is 0.0498. The van der Waals surface area contributed by atoms with Crippen LogP contribution in [0.25, 0.3) is 0 Å². The monoisotopic (exact) mass is 588 g/mol. The van der Waals surface area contributed by atoms with Gasteiger partial charge in [0.05, 0.1) is 4.90 Å². The van der Waals surface area contributed by atoms with E-state index < -0.39 is 15.9 Å². The number of nitrogens with zero attached hydrogens (tertiary/aromatic N) is 2. The molecule has 1 aliphatic heterocycles.